The summed E-state index contributed by atoms with van der Waals surface area (Å²) in [5.41, 5.74) is 1.73. The Hall–Kier alpha value is -1.22. The number of Topliss-reactive ketones (excluding diaryl/α,β-unsaturated/α-hetero) is 1. The number of benzene rings is 1. The van der Waals surface area contributed by atoms with E-state index in [2.05, 4.69) is 6.92 Å². The predicted octanol–water partition coefficient (Wildman–Crippen LogP) is 3.77. The monoisotopic (exact) mass is 264 g/mol. The second-order valence-electron chi connectivity index (χ2n) is 4.44. The average molecular weight is 264 g/mol. The summed E-state index contributed by atoms with van der Waals surface area (Å²) in [6.07, 6.45) is 2.44. The summed E-state index contributed by atoms with van der Waals surface area (Å²) in [5.74, 6) is 0.0947. The van der Waals surface area contributed by atoms with Crippen LogP contribution in [0.25, 0.3) is 0 Å². The normalized spacial score (nSPS) is 13.4. The summed E-state index contributed by atoms with van der Waals surface area (Å²) in [5, 5.41) is 1.56. The van der Waals surface area contributed by atoms with Crippen LogP contribution in [0, 0.1) is 6.92 Å². The molecule has 0 amide bonds. The van der Waals surface area contributed by atoms with Crippen molar-refractivity contribution in [1.29, 1.82) is 0 Å². The minimum absolute atomic E-state index is 0.0947. The highest BCUT2D eigenvalue weighted by Gasteiger charge is 2.07. The Balaban J connectivity index is 2.73. The van der Waals surface area contributed by atoms with E-state index in [0.29, 0.717) is 12.0 Å². The Morgan fingerprint density at radius 3 is 2.44 bits per heavy atom. The van der Waals surface area contributed by atoms with Crippen LogP contribution in [0.3, 0.4) is 0 Å². The van der Waals surface area contributed by atoms with E-state index >= 15 is 0 Å². The molecule has 1 aromatic rings. The quantitative estimate of drug-likeness (QED) is 0.733. The second kappa shape index (κ2) is 7.27. The van der Waals surface area contributed by atoms with Crippen molar-refractivity contribution < 1.29 is 9.00 Å². The van der Waals surface area contributed by atoms with Gasteiger partial charge in [0, 0.05) is 22.3 Å². The Kier molecular flexibility index (Phi) is 5.99. The maximum Gasteiger partial charge on any atom is 0.159 e. The molecule has 18 heavy (non-hydrogen) atoms. The van der Waals surface area contributed by atoms with E-state index in [1.165, 1.54) is 0 Å². The number of hydrogen-bond acceptors (Lipinski definition) is 2. The van der Waals surface area contributed by atoms with Crippen molar-refractivity contribution in [2.75, 3.05) is 0 Å². The third-order valence-corrected chi connectivity index (χ3v) is 4.04. The van der Waals surface area contributed by atoms with Crippen molar-refractivity contribution >= 4 is 16.6 Å². The fourth-order valence-corrected chi connectivity index (χ4v) is 2.49. The van der Waals surface area contributed by atoms with E-state index in [1.807, 2.05) is 31.2 Å². The highest BCUT2D eigenvalue weighted by Crippen LogP contribution is 2.12. The topological polar surface area (TPSA) is 34.1 Å². The predicted molar refractivity (Wildman–Crippen MR) is 75.9 cm³/mol. The van der Waals surface area contributed by atoms with Gasteiger partial charge in [0.1, 0.15) is 0 Å². The van der Waals surface area contributed by atoms with E-state index in [1.54, 1.807) is 12.3 Å². The summed E-state index contributed by atoms with van der Waals surface area (Å²) in [6.45, 7) is 5.78. The van der Waals surface area contributed by atoms with Crippen LogP contribution in [0.4, 0.5) is 0 Å². The van der Waals surface area contributed by atoms with Crippen molar-refractivity contribution in [3.05, 3.63) is 40.8 Å². The number of unbranched alkanes of at least 4 members (excludes halogenated alkanes) is 1. The molecule has 1 rings (SSSR count). The molecular formula is C15H20O2S. The lowest BCUT2D eigenvalue weighted by molar-refractivity contribution is -0.115. The number of rotatable bonds is 6. The maximum absolute atomic E-state index is 12.0. The van der Waals surface area contributed by atoms with Gasteiger partial charge in [-0.25, -0.2) is 4.21 Å². The SMILES string of the molecule is CCCCC(=O)/C(C)=C/S(=O)c1ccc(C)cc1. The third kappa shape index (κ3) is 4.57. The lowest BCUT2D eigenvalue weighted by Gasteiger charge is -2.01. The van der Waals surface area contributed by atoms with Crippen LogP contribution in [-0.2, 0) is 15.6 Å². The van der Waals surface area contributed by atoms with Crippen LogP contribution in [0.5, 0.6) is 0 Å². The van der Waals surface area contributed by atoms with E-state index in [4.69, 9.17) is 0 Å². The number of hydrogen-bond donors (Lipinski definition) is 0. The van der Waals surface area contributed by atoms with E-state index in [9.17, 15) is 9.00 Å². The van der Waals surface area contributed by atoms with Gasteiger partial charge in [0.25, 0.3) is 0 Å². The molecular weight excluding hydrogens is 244 g/mol. The molecule has 0 fully saturated rings. The molecule has 0 heterocycles. The lowest BCUT2D eigenvalue weighted by Crippen LogP contribution is -2.00. The lowest BCUT2D eigenvalue weighted by atomic mass is 10.1. The Morgan fingerprint density at radius 1 is 1.28 bits per heavy atom. The Labute approximate surface area is 112 Å². The zero-order valence-electron chi connectivity index (χ0n) is 11.2. The van der Waals surface area contributed by atoms with Crippen molar-refractivity contribution in [1.82, 2.24) is 0 Å². The van der Waals surface area contributed by atoms with Gasteiger partial charge in [-0.05, 0) is 32.4 Å². The number of allylic oxidation sites excluding steroid dienone is 1. The number of ketones is 1. The first-order valence-electron chi connectivity index (χ1n) is 6.23. The zero-order chi connectivity index (χ0) is 13.5. The van der Waals surface area contributed by atoms with Gasteiger partial charge in [0.05, 0.1) is 10.8 Å². The first-order chi connectivity index (χ1) is 8.54. The minimum Gasteiger partial charge on any atom is -0.295 e. The van der Waals surface area contributed by atoms with Gasteiger partial charge in [-0.15, -0.1) is 0 Å². The fraction of sp³-hybridized carbons (Fsp3) is 0.400. The maximum atomic E-state index is 12.0. The molecule has 0 aliphatic heterocycles. The van der Waals surface area contributed by atoms with Crippen LogP contribution in [0.1, 0.15) is 38.7 Å². The minimum atomic E-state index is -1.23. The Morgan fingerprint density at radius 2 is 1.89 bits per heavy atom. The number of aryl methyl sites for hydroxylation is 1. The highest BCUT2D eigenvalue weighted by molar-refractivity contribution is 7.88. The summed E-state index contributed by atoms with van der Waals surface area (Å²) in [7, 11) is -1.23. The molecule has 0 aromatic heterocycles. The van der Waals surface area contributed by atoms with Gasteiger partial charge >= 0.3 is 0 Å². The smallest absolute Gasteiger partial charge is 0.159 e. The Bertz CT molecular complexity index is 458. The van der Waals surface area contributed by atoms with E-state index in [-0.39, 0.29) is 5.78 Å². The zero-order valence-corrected chi connectivity index (χ0v) is 12.0. The van der Waals surface area contributed by atoms with Gasteiger partial charge in [-0.1, -0.05) is 31.0 Å². The third-order valence-electron chi connectivity index (χ3n) is 2.73. The van der Waals surface area contributed by atoms with Crippen LogP contribution < -0.4 is 0 Å². The first-order valence-corrected chi connectivity index (χ1v) is 7.44. The summed E-state index contributed by atoms with van der Waals surface area (Å²) in [6, 6.07) is 7.53. The van der Waals surface area contributed by atoms with Crippen LogP contribution in [0.15, 0.2) is 40.1 Å². The van der Waals surface area contributed by atoms with Gasteiger partial charge in [-0.2, -0.15) is 0 Å². The van der Waals surface area contributed by atoms with Crippen LogP contribution in [0.2, 0.25) is 0 Å². The molecule has 0 saturated carbocycles. The average Bonchev–Trinajstić information content (AvgIpc) is 2.36. The molecule has 0 saturated heterocycles. The number of carbonyl (C=O) groups excluding carboxylic acids is 1. The van der Waals surface area contributed by atoms with Gasteiger partial charge < -0.3 is 0 Å². The summed E-state index contributed by atoms with van der Waals surface area (Å²) < 4.78 is 12.0. The second-order valence-corrected chi connectivity index (χ2v) is 5.74. The van der Waals surface area contributed by atoms with Crippen molar-refractivity contribution in [2.45, 2.75) is 44.9 Å². The summed E-state index contributed by atoms with van der Waals surface area (Å²) in [4.78, 5) is 12.5. The van der Waals surface area contributed by atoms with Crippen LogP contribution >= 0.6 is 0 Å². The van der Waals surface area contributed by atoms with Crippen molar-refractivity contribution in [3.8, 4) is 0 Å². The highest BCUT2D eigenvalue weighted by atomic mass is 32.2. The first kappa shape index (κ1) is 14.8. The molecule has 2 nitrogen and oxygen atoms in total. The summed E-state index contributed by atoms with van der Waals surface area (Å²) >= 11 is 0. The molecule has 0 spiro atoms. The molecule has 1 atom stereocenters. The standard InChI is InChI=1S/C15H20O2S/c1-4-5-6-15(16)13(3)11-18(17)14-9-7-12(2)8-10-14/h7-11H,4-6H2,1-3H3/b13-11+. The fourth-order valence-electron chi connectivity index (χ4n) is 1.50. The van der Waals surface area contributed by atoms with Crippen molar-refractivity contribution in [3.63, 3.8) is 0 Å². The molecule has 0 bridgehead atoms. The molecule has 0 aliphatic carbocycles. The molecule has 1 aromatic carbocycles. The van der Waals surface area contributed by atoms with Gasteiger partial charge in [-0.3, -0.25) is 4.79 Å². The molecule has 98 valence electrons. The van der Waals surface area contributed by atoms with Gasteiger partial charge in [0.15, 0.2) is 5.78 Å². The van der Waals surface area contributed by atoms with E-state index < -0.39 is 10.8 Å². The molecule has 1 unspecified atom stereocenters. The molecule has 3 heteroatoms. The number of carbonyl (C=O) groups is 1. The van der Waals surface area contributed by atoms with Gasteiger partial charge in [0.2, 0.25) is 0 Å². The van der Waals surface area contributed by atoms with E-state index in [0.717, 1.165) is 23.3 Å². The van der Waals surface area contributed by atoms with Crippen LogP contribution in [-0.4, -0.2) is 9.99 Å². The molecule has 0 N–H and O–H groups in total. The largest absolute Gasteiger partial charge is 0.295 e. The molecule has 0 radical (unpaired) electrons. The van der Waals surface area contributed by atoms with Crippen molar-refractivity contribution in [2.24, 2.45) is 0 Å². The molecule has 0 aliphatic rings.